The van der Waals surface area contributed by atoms with E-state index in [-0.39, 0.29) is 6.04 Å². The average Bonchev–Trinajstić information content (AvgIpc) is 2.26. The van der Waals surface area contributed by atoms with Crippen molar-refractivity contribution in [3.63, 3.8) is 0 Å². The molecule has 0 bridgehead atoms. The molecular formula is C14H24N2O. The maximum atomic E-state index is 5.82. The zero-order chi connectivity index (χ0) is 12.7. The lowest BCUT2D eigenvalue weighted by Crippen LogP contribution is -2.19. The smallest absolute Gasteiger partial charge is 0.140 e. The quantitative estimate of drug-likeness (QED) is 0.741. The van der Waals surface area contributed by atoms with Gasteiger partial charge in [0.1, 0.15) is 5.75 Å². The lowest BCUT2D eigenvalue weighted by molar-refractivity contribution is 0.301. The second-order valence-corrected chi connectivity index (χ2v) is 4.63. The molecule has 0 aliphatic carbocycles. The normalized spacial score (nSPS) is 12.5. The first kappa shape index (κ1) is 14.0. The Labute approximate surface area is 104 Å². The molecule has 0 saturated carbocycles. The highest BCUT2D eigenvalue weighted by Gasteiger charge is 2.08. The highest BCUT2D eigenvalue weighted by atomic mass is 16.5. The van der Waals surface area contributed by atoms with Crippen molar-refractivity contribution in [3.8, 4) is 5.75 Å². The summed E-state index contributed by atoms with van der Waals surface area (Å²) in [6.07, 6.45) is 4.29. The minimum Gasteiger partial charge on any atom is -0.492 e. The van der Waals surface area contributed by atoms with Gasteiger partial charge in [0.25, 0.3) is 0 Å². The predicted octanol–water partition coefficient (Wildman–Crippen LogP) is 2.85. The van der Waals surface area contributed by atoms with E-state index in [9.17, 15) is 0 Å². The van der Waals surface area contributed by atoms with Gasteiger partial charge in [-0.05, 0) is 32.4 Å². The Morgan fingerprint density at radius 1 is 1.35 bits per heavy atom. The van der Waals surface area contributed by atoms with Crippen molar-refractivity contribution in [1.29, 1.82) is 0 Å². The molecular weight excluding hydrogens is 212 g/mol. The van der Waals surface area contributed by atoms with Gasteiger partial charge in [0.2, 0.25) is 0 Å². The van der Waals surface area contributed by atoms with Gasteiger partial charge in [0, 0.05) is 18.2 Å². The third-order valence-electron chi connectivity index (χ3n) is 2.59. The molecule has 0 saturated heterocycles. The Bertz CT molecular complexity index is 337. The monoisotopic (exact) mass is 236 g/mol. The summed E-state index contributed by atoms with van der Waals surface area (Å²) in [6, 6.07) is 4.11. The summed E-state index contributed by atoms with van der Waals surface area (Å²) < 4.78 is 5.78. The van der Waals surface area contributed by atoms with Gasteiger partial charge in [-0.1, -0.05) is 19.8 Å². The molecule has 1 rings (SSSR count). The molecule has 3 heteroatoms. The van der Waals surface area contributed by atoms with Crippen molar-refractivity contribution in [2.24, 2.45) is 5.73 Å². The number of ether oxygens (including phenoxy) is 1. The summed E-state index contributed by atoms with van der Waals surface area (Å²) in [5, 5.41) is 0. The molecule has 0 aliphatic heterocycles. The van der Waals surface area contributed by atoms with Gasteiger partial charge in [-0.3, -0.25) is 4.98 Å². The predicted molar refractivity (Wildman–Crippen MR) is 71.3 cm³/mol. The molecule has 1 atom stereocenters. The largest absolute Gasteiger partial charge is 0.492 e. The first-order valence-corrected chi connectivity index (χ1v) is 6.48. The van der Waals surface area contributed by atoms with Crippen molar-refractivity contribution >= 4 is 0 Å². The zero-order valence-corrected chi connectivity index (χ0v) is 11.2. The molecule has 17 heavy (non-hydrogen) atoms. The van der Waals surface area contributed by atoms with Crippen LogP contribution in [-0.4, -0.2) is 17.6 Å². The van der Waals surface area contributed by atoms with E-state index >= 15 is 0 Å². The Balaban J connectivity index is 2.62. The molecule has 1 unspecified atom stereocenters. The Kier molecular flexibility index (Phi) is 5.98. The number of hydrogen-bond acceptors (Lipinski definition) is 3. The number of aromatic nitrogens is 1. The Hall–Kier alpha value is -1.09. The standard InChI is InChI=1S/C14H24N2O/c1-4-5-6-9-17-14-8-7-12(3)16-13(14)10-11(2)15/h7-8,11H,4-6,9-10,15H2,1-3H3. The van der Waals surface area contributed by atoms with Crippen molar-refractivity contribution in [2.45, 2.75) is 52.5 Å². The van der Waals surface area contributed by atoms with Crippen LogP contribution in [0.3, 0.4) is 0 Å². The minimum atomic E-state index is 0.113. The molecule has 0 radical (unpaired) electrons. The Morgan fingerprint density at radius 2 is 2.12 bits per heavy atom. The van der Waals surface area contributed by atoms with Crippen LogP contribution in [0.25, 0.3) is 0 Å². The number of pyridine rings is 1. The van der Waals surface area contributed by atoms with Gasteiger partial charge >= 0.3 is 0 Å². The number of rotatable bonds is 7. The zero-order valence-electron chi connectivity index (χ0n) is 11.2. The third kappa shape index (κ3) is 5.18. The second-order valence-electron chi connectivity index (χ2n) is 4.63. The summed E-state index contributed by atoms with van der Waals surface area (Å²) in [5.41, 5.74) is 7.82. The van der Waals surface area contributed by atoms with Crippen LogP contribution in [0.4, 0.5) is 0 Å². The van der Waals surface area contributed by atoms with Crippen molar-refractivity contribution < 1.29 is 4.74 Å². The maximum Gasteiger partial charge on any atom is 0.140 e. The third-order valence-corrected chi connectivity index (χ3v) is 2.59. The molecule has 1 aromatic heterocycles. The van der Waals surface area contributed by atoms with Crippen LogP contribution in [0.1, 0.15) is 44.5 Å². The molecule has 1 heterocycles. The first-order chi connectivity index (χ1) is 8.13. The first-order valence-electron chi connectivity index (χ1n) is 6.48. The molecule has 0 amide bonds. The van der Waals surface area contributed by atoms with Crippen molar-refractivity contribution in [1.82, 2.24) is 4.98 Å². The maximum absolute atomic E-state index is 5.82. The second kappa shape index (κ2) is 7.28. The van der Waals surface area contributed by atoms with Gasteiger partial charge in [-0.15, -0.1) is 0 Å². The Morgan fingerprint density at radius 3 is 2.76 bits per heavy atom. The van der Waals surface area contributed by atoms with Gasteiger partial charge in [-0.2, -0.15) is 0 Å². The topological polar surface area (TPSA) is 48.1 Å². The van der Waals surface area contributed by atoms with E-state index in [0.717, 1.165) is 36.6 Å². The van der Waals surface area contributed by atoms with E-state index in [4.69, 9.17) is 10.5 Å². The van der Waals surface area contributed by atoms with Crippen LogP contribution in [0.15, 0.2) is 12.1 Å². The molecule has 3 nitrogen and oxygen atoms in total. The fourth-order valence-corrected chi connectivity index (χ4v) is 1.71. The lowest BCUT2D eigenvalue weighted by atomic mass is 10.1. The van der Waals surface area contributed by atoms with Crippen LogP contribution in [0.2, 0.25) is 0 Å². The van der Waals surface area contributed by atoms with E-state index in [0.29, 0.717) is 0 Å². The van der Waals surface area contributed by atoms with Crippen LogP contribution in [0.5, 0.6) is 5.75 Å². The van der Waals surface area contributed by atoms with Crippen LogP contribution >= 0.6 is 0 Å². The van der Waals surface area contributed by atoms with Gasteiger partial charge in [0.05, 0.1) is 12.3 Å². The summed E-state index contributed by atoms with van der Waals surface area (Å²) in [6.45, 7) is 6.94. The minimum absolute atomic E-state index is 0.113. The molecule has 0 aromatic carbocycles. The molecule has 96 valence electrons. The van der Waals surface area contributed by atoms with E-state index < -0.39 is 0 Å². The number of nitrogens with two attached hydrogens (primary N) is 1. The fourth-order valence-electron chi connectivity index (χ4n) is 1.71. The summed E-state index contributed by atoms with van der Waals surface area (Å²) in [4.78, 5) is 4.51. The van der Waals surface area contributed by atoms with E-state index in [1.54, 1.807) is 0 Å². The van der Waals surface area contributed by atoms with Gasteiger partial charge in [-0.25, -0.2) is 0 Å². The molecule has 0 aliphatic rings. The lowest BCUT2D eigenvalue weighted by Gasteiger charge is -2.12. The molecule has 2 N–H and O–H groups in total. The van der Waals surface area contributed by atoms with Crippen molar-refractivity contribution in [3.05, 3.63) is 23.5 Å². The number of unbranched alkanes of at least 4 members (excludes halogenated alkanes) is 2. The number of aryl methyl sites for hydroxylation is 1. The van der Waals surface area contributed by atoms with E-state index in [2.05, 4.69) is 11.9 Å². The summed E-state index contributed by atoms with van der Waals surface area (Å²) in [5.74, 6) is 0.893. The van der Waals surface area contributed by atoms with E-state index in [1.165, 1.54) is 12.8 Å². The molecule has 0 fully saturated rings. The average molecular weight is 236 g/mol. The summed E-state index contributed by atoms with van der Waals surface area (Å²) in [7, 11) is 0. The number of nitrogens with zero attached hydrogens (tertiary/aromatic N) is 1. The van der Waals surface area contributed by atoms with Crippen LogP contribution < -0.4 is 10.5 Å². The van der Waals surface area contributed by atoms with Crippen LogP contribution in [-0.2, 0) is 6.42 Å². The SMILES string of the molecule is CCCCCOc1ccc(C)nc1CC(C)N. The fraction of sp³-hybridized carbons (Fsp3) is 0.643. The summed E-state index contributed by atoms with van der Waals surface area (Å²) >= 11 is 0. The van der Waals surface area contributed by atoms with E-state index in [1.807, 2.05) is 26.0 Å². The highest BCUT2D eigenvalue weighted by Crippen LogP contribution is 2.18. The highest BCUT2D eigenvalue weighted by molar-refractivity contribution is 5.29. The molecule has 1 aromatic rings. The number of hydrogen-bond donors (Lipinski definition) is 1. The molecule has 0 spiro atoms. The van der Waals surface area contributed by atoms with Crippen molar-refractivity contribution in [2.75, 3.05) is 6.61 Å². The van der Waals surface area contributed by atoms with Gasteiger partial charge in [0.15, 0.2) is 0 Å². The van der Waals surface area contributed by atoms with Crippen LogP contribution in [0, 0.1) is 6.92 Å². The van der Waals surface area contributed by atoms with Gasteiger partial charge < -0.3 is 10.5 Å².